The molecule has 0 bridgehead atoms. The first-order chi connectivity index (χ1) is 5.27. The second kappa shape index (κ2) is 1.91. The van der Waals surface area contributed by atoms with Gasteiger partial charge in [0.25, 0.3) is 5.56 Å². The molecule has 11 heavy (non-hydrogen) atoms. The molecule has 0 saturated carbocycles. The highest BCUT2D eigenvalue weighted by Crippen LogP contribution is 2.03. The number of nitrogens with one attached hydrogen (secondary N) is 2. The molecule has 0 radical (unpaired) electrons. The molecule has 0 spiro atoms. The lowest BCUT2D eigenvalue weighted by atomic mass is 10.3. The van der Waals surface area contributed by atoms with Crippen LogP contribution >= 0.6 is 0 Å². The highest BCUT2D eigenvalue weighted by molar-refractivity contribution is 5.72. The average molecular weight is 153 g/mol. The number of aromatic nitrogens is 3. The Labute approximate surface area is 60.1 Å². The number of nitrogens with zero attached hydrogens (tertiary/aromatic N) is 1. The molecule has 4 nitrogen and oxygen atoms in total. The van der Waals surface area contributed by atoms with Gasteiger partial charge in [-0.15, -0.1) is 0 Å². The molecular formula is C6H4FN3O. The molecule has 2 rings (SSSR count). The summed E-state index contributed by atoms with van der Waals surface area (Å²) in [5.41, 5.74) is 0.0170. The molecule has 2 N–H and O–H groups in total. The molecule has 56 valence electrons. The Morgan fingerprint density at radius 3 is 3.09 bits per heavy atom. The zero-order valence-corrected chi connectivity index (χ0v) is 5.39. The van der Waals surface area contributed by atoms with Crippen LogP contribution in [0.4, 0.5) is 4.39 Å². The fraction of sp³-hybridized carbons (Fsp3) is 0. The van der Waals surface area contributed by atoms with Crippen molar-refractivity contribution in [2.24, 2.45) is 0 Å². The lowest BCUT2D eigenvalue weighted by Crippen LogP contribution is -1.97. The summed E-state index contributed by atoms with van der Waals surface area (Å²) in [5, 5.41) is 5.03. The summed E-state index contributed by atoms with van der Waals surface area (Å²) in [6, 6.07) is 1.14. The Balaban J connectivity index is 2.99. The van der Waals surface area contributed by atoms with E-state index >= 15 is 0 Å². The van der Waals surface area contributed by atoms with E-state index in [0.717, 1.165) is 12.3 Å². The van der Waals surface area contributed by atoms with Crippen LogP contribution in [0, 0.1) is 5.82 Å². The second-order valence-electron chi connectivity index (χ2n) is 2.13. The van der Waals surface area contributed by atoms with Gasteiger partial charge in [-0.1, -0.05) is 0 Å². The van der Waals surface area contributed by atoms with Gasteiger partial charge in [-0.05, 0) is 6.07 Å². The van der Waals surface area contributed by atoms with Crippen LogP contribution in [-0.2, 0) is 0 Å². The molecule has 0 aliphatic heterocycles. The van der Waals surface area contributed by atoms with E-state index in [1.54, 1.807) is 0 Å². The second-order valence-corrected chi connectivity index (χ2v) is 2.13. The molecule has 5 heteroatoms. The third kappa shape index (κ3) is 0.813. The monoisotopic (exact) mass is 153 g/mol. The minimum atomic E-state index is -0.511. The Morgan fingerprint density at radius 2 is 2.27 bits per heavy atom. The van der Waals surface area contributed by atoms with E-state index in [4.69, 9.17) is 0 Å². The molecule has 2 heterocycles. The summed E-state index contributed by atoms with van der Waals surface area (Å²) in [6.07, 6.45) is 1.05. The SMILES string of the molecule is O=c1[nH][nH]c2ncc(F)cc12. The first kappa shape index (κ1) is 6.09. The Bertz CT molecular complexity index is 444. The molecule has 0 amide bonds. The average Bonchev–Trinajstić information content (AvgIpc) is 2.33. The van der Waals surface area contributed by atoms with Gasteiger partial charge in [0, 0.05) is 0 Å². The molecule has 0 aliphatic carbocycles. The third-order valence-electron chi connectivity index (χ3n) is 1.39. The van der Waals surface area contributed by atoms with Crippen molar-refractivity contribution in [3.8, 4) is 0 Å². The van der Waals surface area contributed by atoms with Gasteiger partial charge in [-0.2, -0.15) is 0 Å². The van der Waals surface area contributed by atoms with Crippen molar-refractivity contribution in [2.75, 3.05) is 0 Å². The van der Waals surface area contributed by atoms with Crippen molar-refractivity contribution in [1.29, 1.82) is 0 Å². The first-order valence-electron chi connectivity index (χ1n) is 2.99. The predicted molar refractivity (Wildman–Crippen MR) is 36.7 cm³/mol. The van der Waals surface area contributed by atoms with Crippen LogP contribution in [0.15, 0.2) is 17.1 Å². The smallest absolute Gasteiger partial charge is 0.273 e. The molecule has 0 unspecified atom stereocenters. The molecule has 0 fully saturated rings. The molecule has 0 aliphatic rings. The summed E-state index contributed by atoms with van der Waals surface area (Å²) >= 11 is 0. The van der Waals surface area contributed by atoms with Gasteiger partial charge in [0.1, 0.15) is 5.82 Å². The Kier molecular flexibility index (Phi) is 1.06. The molecule has 0 atom stereocenters. The van der Waals surface area contributed by atoms with Crippen molar-refractivity contribution in [3.63, 3.8) is 0 Å². The van der Waals surface area contributed by atoms with E-state index in [1.165, 1.54) is 0 Å². The largest absolute Gasteiger partial charge is 0.281 e. The van der Waals surface area contributed by atoms with Crippen molar-refractivity contribution in [1.82, 2.24) is 15.2 Å². The number of fused-ring (bicyclic) bond motifs is 1. The fourth-order valence-electron chi connectivity index (χ4n) is 0.895. The van der Waals surface area contributed by atoms with Gasteiger partial charge in [-0.25, -0.2) is 9.37 Å². The maximum Gasteiger partial charge on any atom is 0.273 e. The Hall–Kier alpha value is -1.65. The van der Waals surface area contributed by atoms with Crippen LogP contribution < -0.4 is 5.56 Å². The van der Waals surface area contributed by atoms with Gasteiger partial charge in [0.15, 0.2) is 5.65 Å². The van der Waals surface area contributed by atoms with Crippen molar-refractivity contribution < 1.29 is 4.39 Å². The molecule has 2 aromatic heterocycles. The van der Waals surface area contributed by atoms with E-state index in [0.29, 0.717) is 5.65 Å². The molecule has 2 aromatic rings. The van der Waals surface area contributed by atoms with Gasteiger partial charge >= 0.3 is 0 Å². The molecular weight excluding hydrogens is 149 g/mol. The summed E-state index contributed by atoms with van der Waals surface area (Å²) in [7, 11) is 0. The van der Waals surface area contributed by atoms with Crippen LogP contribution in [0.1, 0.15) is 0 Å². The van der Waals surface area contributed by atoms with Crippen LogP contribution in [0.25, 0.3) is 11.0 Å². The summed E-state index contributed by atoms with van der Waals surface area (Å²) < 4.78 is 12.5. The number of hydrogen-bond donors (Lipinski definition) is 2. The summed E-state index contributed by atoms with van der Waals surface area (Å²) in [4.78, 5) is 14.5. The minimum Gasteiger partial charge on any atom is -0.281 e. The van der Waals surface area contributed by atoms with Gasteiger partial charge in [0.05, 0.1) is 11.6 Å². The van der Waals surface area contributed by atoms with Crippen LogP contribution in [0.2, 0.25) is 0 Å². The summed E-state index contributed by atoms with van der Waals surface area (Å²) in [5.74, 6) is -0.511. The maximum atomic E-state index is 12.5. The number of rotatable bonds is 0. The maximum absolute atomic E-state index is 12.5. The normalized spacial score (nSPS) is 10.6. The quantitative estimate of drug-likeness (QED) is 0.575. The molecule has 0 aromatic carbocycles. The predicted octanol–water partition coefficient (Wildman–Crippen LogP) is 0.390. The zero-order chi connectivity index (χ0) is 7.84. The lowest BCUT2D eigenvalue weighted by molar-refractivity contribution is 0.624. The number of H-pyrrole nitrogens is 2. The molecule has 0 saturated heterocycles. The van der Waals surface area contributed by atoms with Crippen molar-refractivity contribution in [3.05, 3.63) is 28.4 Å². The van der Waals surface area contributed by atoms with E-state index in [2.05, 4.69) is 15.2 Å². The van der Waals surface area contributed by atoms with Crippen LogP contribution in [-0.4, -0.2) is 15.2 Å². The zero-order valence-electron chi connectivity index (χ0n) is 5.39. The number of hydrogen-bond acceptors (Lipinski definition) is 2. The van der Waals surface area contributed by atoms with Gasteiger partial charge < -0.3 is 0 Å². The first-order valence-corrected chi connectivity index (χ1v) is 2.99. The number of pyridine rings is 1. The van der Waals surface area contributed by atoms with E-state index in [1.807, 2.05) is 0 Å². The standard InChI is InChI=1S/C6H4FN3O/c7-3-1-4-5(8-2-3)9-10-6(4)11/h1-2H,(H2,8,9,10,11). The van der Waals surface area contributed by atoms with E-state index < -0.39 is 5.82 Å². The summed E-state index contributed by atoms with van der Waals surface area (Å²) in [6.45, 7) is 0. The van der Waals surface area contributed by atoms with Crippen LogP contribution in [0.5, 0.6) is 0 Å². The van der Waals surface area contributed by atoms with Crippen LogP contribution in [0.3, 0.4) is 0 Å². The highest BCUT2D eigenvalue weighted by Gasteiger charge is 2.01. The highest BCUT2D eigenvalue weighted by atomic mass is 19.1. The topological polar surface area (TPSA) is 61.5 Å². The van der Waals surface area contributed by atoms with Gasteiger partial charge in [0.2, 0.25) is 0 Å². The third-order valence-corrected chi connectivity index (χ3v) is 1.39. The minimum absolute atomic E-state index is 0.241. The number of halogens is 1. The van der Waals surface area contributed by atoms with Crippen molar-refractivity contribution in [2.45, 2.75) is 0 Å². The Morgan fingerprint density at radius 1 is 1.45 bits per heavy atom. The number of aromatic amines is 2. The van der Waals surface area contributed by atoms with Crippen molar-refractivity contribution >= 4 is 11.0 Å². The van der Waals surface area contributed by atoms with Gasteiger partial charge in [-0.3, -0.25) is 15.0 Å². The fourth-order valence-corrected chi connectivity index (χ4v) is 0.895. The lowest BCUT2D eigenvalue weighted by Gasteiger charge is -1.84. The van der Waals surface area contributed by atoms with E-state index in [9.17, 15) is 9.18 Å². The van der Waals surface area contributed by atoms with E-state index in [-0.39, 0.29) is 10.9 Å².